The fraction of sp³-hybridized carbons (Fsp3) is 0.542. The molecule has 3 aromatic heterocycles. The Morgan fingerprint density at radius 2 is 2.03 bits per heavy atom. The predicted molar refractivity (Wildman–Crippen MR) is 129 cm³/mol. The van der Waals surface area contributed by atoms with Crippen LogP contribution in [0.25, 0.3) is 21.6 Å². The van der Waals surface area contributed by atoms with Crippen LogP contribution in [0.4, 0.5) is 0 Å². The Bertz CT molecular complexity index is 1040. The van der Waals surface area contributed by atoms with E-state index in [2.05, 4.69) is 43.0 Å². The number of hydrogen-bond donors (Lipinski definition) is 1. The van der Waals surface area contributed by atoms with Crippen molar-refractivity contribution in [3.63, 3.8) is 0 Å². The fourth-order valence-electron chi connectivity index (χ4n) is 4.29. The maximum absolute atomic E-state index is 13.4. The van der Waals surface area contributed by atoms with Gasteiger partial charge in [0.2, 0.25) is 0 Å². The summed E-state index contributed by atoms with van der Waals surface area (Å²) in [5.74, 6) is 0.489. The van der Waals surface area contributed by atoms with Gasteiger partial charge in [0.1, 0.15) is 0 Å². The van der Waals surface area contributed by atoms with E-state index in [1.807, 2.05) is 28.3 Å². The summed E-state index contributed by atoms with van der Waals surface area (Å²) in [6.45, 7) is 12.6. The Morgan fingerprint density at radius 3 is 2.69 bits per heavy atom. The molecule has 1 aliphatic heterocycles. The topological polar surface area (TPSA) is 72.3 Å². The lowest BCUT2D eigenvalue weighted by atomic mass is 10.0. The van der Waals surface area contributed by atoms with E-state index in [4.69, 9.17) is 9.72 Å². The average Bonchev–Trinajstić information content (AvgIpc) is 3.46. The molecule has 0 aromatic carbocycles. The van der Waals surface area contributed by atoms with Crippen LogP contribution in [0.5, 0.6) is 0 Å². The summed E-state index contributed by atoms with van der Waals surface area (Å²) in [4.78, 5) is 21.8. The Labute approximate surface area is 193 Å². The highest BCUT2D eigenvalue weighted by Crippen LogP contribution is 2.29. The highest BCUT2D eigenvalue weighted by Gasteiger charge is 2.24. The molecule has 0 aliphatic carbocycles. The number of amides is 1. The normalized spacial score (nSPS) is 16.2. The second-order valence-corrected chi connectivity index (χ2v) is 10.0. The molecule has 4 heterocycles. The quantitative estimate of drug-likeness (QED) is 0.551. The van der Waals surface area contributed by atoms with Gasteiger partial charge in [0, 0.05) is 31.7 Å². The number of ether oxygens (including phenoxy) is 1. The van der Waals surface area contributed by atoms with Gasteiger partial charge in [-0.2, -0.15) is 5.10 Å². The maximum atomic E-state index is 13.4. The SMILES string of the molecule is CC(C)CC(CNC(=O)c1cc(-c2cccs2)nc2c1cnn2C(C)C)N1CCOCC1. The van der Waals surface area contributed by atoms with Gasteiger partial charge in [-0.25, -0.2) is 9.67 Å². The largest absolute Gasteiger partial charge is 0.379 e. The monoisotopic (exact) mass is 455 g/mol. The first-order chi connectivity index (χ1) is 15.4. The maximum Gasteiger partial charge on any atom is 0.252 e. The van der Waals surface area contributed by atoms with E-state index in [1.54, 1.807) is 17.5 Å². The lowest BCUT2D eigenvalue weighted by Gasteiger charge is -2.35. The van der Waals surface area contributed by atoms with E-state index >= 15 is 0 Å². The predicted octanol–water partition coefficient (Wildman–Crippen LogP) is 4.22. The number of morpholine rings is 1. The molecule has 0 radical (unpaired) electrons. The molecule has 0 spiro atoms. The lowest BCUT2D eigenvalue weighted by molar-refractivity contribution is 0.0124. The summed E-state index contributed by atoms with van der Waals surface area (Å²) in [5, 5.41) is 10.6. The molecule has 32 heavy (non-hydrogen) atoms. The van der Waals surface area contributed by atoms with Crippen LogP contribution >= 0.6 is 11.3 Å². The zero-order valence-electron chi connectivity index (χ0n) is 19.4. The van der Waals surface area contributed by atoms with Crippen molar-refractivity contribution >= 4 is 28.3 Å². The third-order valence-electron chi connectivity index (χ3n) is 5.88. The summed E-state index contributed by atoms with van der Waals surface area (Å²) in [6, 6.07) is 6.40. The number of hydrogen-bond acceptors (Lipinski definition) is 6. The van der Waals surface area contributed by atoms with Crippen LogP contribution in [-0.2, 0) is 4.74 Å². The number of nitrogens with one attached hydrogen (secondary N) is 1. The molecule has 1 amide bonds. The van der Waals surface area contributed by atoms with E-state index in [0.717, 1.165) is 54.3 Å². The van der Waals surface area contributed by atoms with Gasteiger partial charge in [0.25, 0.3) is 5.91 Å². The molecule has 4 rings (SSSR count). The molecular formula is C24H33N5O2S. The molecule has 7 nitrogen and oxygen atoms in total. The average molecular weight is 456 g/mol. The minimum Gasteiger partial charge on any atom is -0.379 e. The Hall–Kier alpha value is -2.29. The van der Waals surface area contributed by atoms with E-state index < -0.39 is 0 Å². The van der Waals surface area contributed by atoms with Crippen LogP contribution < -0.4 is 5.32 Å². The van der Waals surface area contributed by atoms with Crippen LogP contribution in [0, 0.1) is 5.92 Å². The zero-order valence-corrected chi connectivity index (χ0v) is 20.2. The molecule has 0 bridgehead atoms. The van der Waals surface area contributed by atoms with Gasteiger partial charge in [-0.15, -0.1) is 11.3 Å². The minimum absolute atomic E-state index is 0.0690. The molecule has 1 fully saturated rings. The molecule has 172 valence electrons. The summed E-state index contributed by atoms with van der Waals surface area (Å²) in [7, 11) is 0. The summed E-state index contributed by atoms with van der Waals surface area (Å²) < 4.78 is 7.41. The van der Waals surface area contributed by atoms with Gasteiger partial charge in [0.15, 0.2) is 5.65 Å². The standard InChI is InChI=1S/C24H33N5O2S/c1-16(2)12-18(28-7-9-31-10-8-28)14-25-24(30)19-13-21(22-6-5-11-32-22)27-23-20(19)15-26-29(23)17(3)4/h5-6,11,13,15-18H,7-10,12,14H2,1-4H3,(H,25,30). The summed E-state index contributed by atoms with van der Waals surface area (Å²) in [6.07, 6.45) is 2.81. The van der Waals surface area contributed by atoms with Crippen LogP contribution in [0.2, 0.25) is 0 Å². The van der Waals surface area contributed by atoms with Gasteiger partial charge in [-0.1, -0.05) is 19.9 Å². The number of aromatic nitrogens is 3. The van der Waals surface area contributed by atoms with Crippen molar-refractivity contribution in [2.24, 2.45) is 5.92 Å². The number of rotatable bonds is 8. The van der Waals surface area contributed by atoms with Crippen LogP contribution in [0.1, 0.15) is 50.5 Å². The number of thiophene rings is 1. The zero-order chi connectivity index (χ0) is 22.7. The number of fused-ring (bicyclic) bond motifs is 1. The first kappa shape index (κ1) is 22.9. The molecule has 1 N–H and O–H groups in total. The molecule has 1 saturated heterocycles. The number of nitrogens with zero attached hydrogens (tertiary/aromatic N) is 4. The Morgan fingerprint density at radius 1 is 1.25 bits per heavy atom. The molecule has 3 aromatic rings. The lowest BCUT2D eigenvalue weighted by Crippen LogP contribution is -2.49. The smallest absolute Gasteiger partial charge is 0.252 e. The van der Waals surface area contributed by atoms with Crippen molar-refractivity contribution < 1.29 is 9.53 Å². The molecular weight excluding hydrogens is 422 g/mol. The van der Waals surface area contributed by atoms with Crippen LogP contribution in [-0.4, -0.2) is 64.5 Å². The van der Waals surface area contributed by atoms with Gasteiger partial charge >= 0.3 is 0 Å². The molecule has 8 heteroatoms. The molecule has 1 unspecified atom stereocenters. The van der Waals surface area contributed by atoms with E-state index in [0.29, 0.717) is 24.1 Å². The second-order valence-electron chi connectivity index (χ2n) is 9.09. The Kier molecular flexibility index (Phi) is 7.23. The van der Waals surface area contributed by atoms with E-state index in [-0.39, 0.29) is 11.9 Å². The highest BCUT2D eigenvalue weighted by atomic mass is 32.1. The van der Waals surface area contributed by atoms with Gasteiger partial charge < -0.3 is 10.1 Å². The van der Waals surface area contributed by atoms with Gasteiger partial charge in [-0.3, -0.25) is 9.69 Å². The van der Waals surface area contributed by atoms with E-state index in [9.17, 15) is 4.79 Å². The second kappa shape index (κ2) is 10.1. The first-order valence-corrected chi connectivity index (χ1v) is 12.3. The molecule has 1 aliphatic rings. The van der Waals surface area contributed by atoms with Crippen molar-refractivity contribution in [1.29, 1.82) is 0 Å². The Balaban J connectivity index is 1.62. The van der Waals surface area contributed by atoms with Crippen molar-refractivity contribution in [2.75, 3.05) is 32.8 Å². The van der Waals surface area contributed by atoms with E-state index in [1.165, 1.54) is 0 Å². The first-order valence-electron chi connectivity index (χ1n) is 11.5. The van der Waals surface area contributed by atoms with Crippen LogP contribution in [0.3, 0.4) is 0 Å². The summed E-state index contributed by atoms with van der Waals surface area (Å²) in [5.41, 5.74) is 2.20. The summed E-state index contributed by atoms with van der Waals surface area (Å²) >= 11 is 1.62. The molecule has 1 atom stereocenters. The fourth-order valence-corrected chi connectivity index (χ4v) is 4.97. The third-order valence-corrected chi connectivity index (χ3v) is 6.77. The number of carbonyl (C=O) groups excluding carboxylic acids is 1. The highest BCUT2D eigenvalue weighted by molar-refractivity contribution is 7.13. The molecule has 0 saturated carbocycles. The number of pyridine rings is 1. The third kappa shape index (κ3) is 5.03. The number of carbonyl (C=O) groups is 1. The minimum atomic E-state index is -0.0690. The van der Waals surface area contributed by atoms with Crippen molar-refractivity contribution in [2.45, 2.75) is 46.2 Å². The van der Waals surface area contributed by atoms with Crippen molar-refractivity contribution in [3.8, 4) is 10.6 Å². The van der Waals surface area contributed by atoms with Crippen molar-refractivity contribution in [3.05, 3.63) is 35.3 Å². The van der Waals surface area contributed by atoms with Crippen molar-refractivity contribution in [1.82, 2.24) is 25.0 Å². The van der Waals surface area contributed by atoms with Crippen LogP contribution in [0.15, 0.2) is 29.8 Å². The van der Waals surface area contributed by atoms with Gasteiger partial charge in [-0.05, 0) is 43.7 Å². The van der Waals surface area contributed by atoms with Gasteiger partial charge in [0.05, 0.1) is 40.9 Å².